The molecule has 2 aromatic carbocycles. The number of halogens is 1. The van der Waals surface area contributed by atoms with Crippen molar-refractivity contribution in [1.82, 2.24) is 24.8 Å². The maximum atomic E-state index is 13.3. The fourth-order valence-corrected chi connectivity index (χ4v) is 6.14. The molecule has 0 spiro atoms. The van der Waals surface area contributed by atoms with E-state index < -0.39 is 5.63 Å². The Hall–Kier alpha value is -3.50. The molecule has 2 aromatic heterocycles. The minimum atomic E-state index is -0.398. The number of hydrogen-bond donors (Lipinski definition) is 0. The molecule has 0 saturated carbocycles. The summed E-state index contributed by atoms with van der Waals surface area (Å²) in [6, 6.07) is 12.2. The van der Waals surface area contributed by atoms with Gasteiger partial charge in [-0.2, -0.15) is 0 Å². The maximum absolute atomic E-state index is 13.3. The molecule has 1 saturated heterocycles. The number of hydrogen-bond acceptors (Lipinski definition) is 7. The summed E-state index contributed by atoms with van der Waals surface area (Å²) >= 11 is 3.57. The first-order chi connectivity index (χ1) is 20.0. The molecule has 222 valence electrons. The van der Waals surface area contributed by atoms with Crippen molar-refractivity contribution in [1.29, 1.82) is 0 Å². The molecule has 3 heterocycles. The molecule has 1 fully saturated rings. The molecular formula is C32H38BrN5O4. The van der Waals surface area contributed by atoms with E-state index in [1.807, 2.05) is 34.8 Å². The van der Waals surface area contributed by atoms with Gasteiger partial charge in [0.15, 0.2) is 0 Å². The van der Waals surface area contributed by atoms with Crippen molar-refractivity contribution in [2.24, 2.45) is 0 Å². The van der Waals surface area contributed by atoms with Crippen molar-refractivity contribution in [2.75, 3.05) is 20.2 Å². The number of amides is 1. The van der Waals surface area contributed by atoms with Gasteiger partial charge in [-0.25, -0.2) is 9.48 Å². The third-order valence-electron chi connectivity index (χ3n) is 8.50. The predicted molar refractivity (Wildman–Crippen MR) is 166 cm³/mol. The van der Waals surface area contributed by atoms with Crippen LogP contribution < -0.4 is 10.4 Å². The third kappa shape index (κ3) is 6.15. The predicted octanol–water partition coefficient (Wildman–Crippen LogP) is 5.44. The second-order valence-corrected chi connectivity index (χ2v) is 12.3. The van der Waals surface area contributed by atoms with E-state index in [0.29, 0.717) is 43.0 Å². The van der Waals surface area contributed by atoms with Crippen LogP contribution in [0.3, 0.4) is 0 Å². The average Bonchev–Trinajstić information content (AvgIpc) is 3.44. The van der Waals surface area contributed by atoms with Gasteiger partial charge in [0, 0.05) is 59.6 Å². The molecule has 0 bridgehead atoms. The Morgan fingerprint density at radius 2 is 1.88 bits per heavy atom. The standard InChI is InChI=1S/C32H38BrN5O4/c1-19-13-24(7-11-29(19)33)23(5)38-18-25(34-35-38)17-37-20(2)15-36(16-21(37)3)31(39)12-10-28-22(4)27-9-8-26(41-6)14-30(27)42-32(28)40/h7-9,11,13-14,18,20-21,23H,10,12,15-17H2,1-6H3/t20-,21+,23-/m0/s1. The summed E-state index contributed by atoms with van der Waals surface area (Å²) in [5.41, 5.74) is 4.76. The van der Waals surface area contributed by atoms with Crippen LogP contribution in [0.5, 0.6) is 5.75 Å². The Bertz CT molecular complexity index is 1650. The summed E-state index contributed by atoms with van der Waals surface area (Å²) < 4.78 is 13.8. The van der Waals surface area contributed by atoms with Gasteiger partial charge in [-0.1, -0.05) is 33.3 Å². The van der Waals surface area contributed by atoms with Crippen LogP contribution in [0.25, 0.3) is 11.0 Å². The quantitative estimate of drug-likeness (QED) is 0.238. The fourth-order valence-electron chi connectivity index (χ4n) is 5.90. The molecule has 10 heteroatoms. The number of aromatic nitrogens is 3. The van der Waals surface area contributed by atoms with Gasteiger partial charge < -0.3 is 14.1 Å². The second-order valence-electron chi connectivity index (χ2n) is 11.4. The van der Waals surface area contributed by atoms with Gasteiger partial charge in [-0.15, -0.1) is 5.10 Å². The Labute approximate surface area is 254 Å². The van der Waals surface area contributed by atoms with Crippen molar-refractivity contribution in [3.8, 4) is 5.75 Å². The van der Waals surface area contributed by atoms with E-state index >= 15 is 0 Å². The van der Waals surface area contributed by atoms with Gasteiger partial charge in [0.25, 0.3) is 0 Å². The van der Waals surface area contributed by atoms with Crippen molar-refractivity contribution >= 4 is 32.8 Å². The lowest BCUT2D eigenvalue weighted by molar-refractivity contribution is -0.135. The molecule has 1 aliphatic heterocycles. The smallest absolute Gasteiger partial charge is 0.339 e. The molecule has 1 amide bonds. The molecule has 3 atom stereocenters. The zero-order valence-corrected chi connectivity index (χ0v) is 26.6. The topological polar surface area (TPSA) is 93.7 Å². The average molecular weight is 637 g/mol. The third-order valence-corrected chi connectivity index (χ3v) is 9.39. The Morgan fingerprint density at radius 1 is 1.14 bits per heavy atom. The number of rotatable bonds is 8. The van der Waals surface area contributed by atoms with Gasteiger partial charge in [0.1, 0.15) is 11.3 Å². The summed E-state index contributed by atoms with van der Waals surface area (Å²) in [5.74, 6) is 0.678. The van der Waals surface area contributed by atoms with Gasteiger partial charge >= 0.3 is 5.63 Å². The summed E-state index contributed by atoms with van der Waals surface area (Å²) in [5, 5.41) is 9.74. The summed E-state index contributed by atoms with van der Waals surface area (Å²) in [6.45, 7) is 12.3. The lowest BCUT2D eigenvalue weighted by atomic mass is 10.0. The van der Waals surface area contributed by atoms with E-state index in [1.54, 1.807) is 13.2 Å². The first-order valence-electron chi connectivity index (χ1n) is 14.4. The van der Waals surface area contributed by atoms with Crippen LogP contribution in [0, 0.1) is 13.8 Å². The fraction of sp³-hybridized carbons (Fsp3) is 0.438. The minimum absolute atomic E-state index is 0.0477. The Morgan fingerprint density at radius 3 is 2.57 bits per heavy atom. The highest BCUT2D eigenvalue weighted by Gasteiger charge is 2.32. The number of aryl methyl sites for hydroxylation is 2. The van der Waals surface area contributed by atoms with Gasteiger partial charge in [-0.3, -0.25) is 9.69 Å². The highest BCUT2D eigenvalue weighted by atomic mass is 79.9. The van der Waals surface area contributed by atoms with Crippen molar-refractivity contribution in [3.63, 3.8) is 0 Å². The first kappa shape index (κ1) is 30.0. The SMILES string of the molecule is COc1ccc2c(C)c(CCC(=O)N3C[C@@H](C)N(Cc4cn([C@@H](C)c5ccc(Br)c(C)c5)nn4)[C@@H](C)C3)c(=O)oc2c1. The Balaban J connectivity index is 1.20. The number of nitrogens with zero attached hydrogens (tertiary/aromatic N) is 5. The molecule has 0 aliphatic carbocycles. The Kier molecular flexibility index (Phi) is 8.84. The number of carbonyl (C=O) groups is 1. The van der Waals surface area contributed by atoms with Crippen LogP contribution in [-0.4, -0.2) is 63.0 Å². The van der Waals surface area contributed by atoms with E-state index in [9.17, 15) is 9.59 Å². The van der Waals surface area contributed by atoms with E-state index in [4.69, 9.17) is 9.15 Å². The lowest BCUT2D eigenvalue weighted by Crippen LogP contribution is -2.57. The molecule has 9 nitrogen and oxygen atoms in total. The molecule has 0 unspecified atom stereocenters. The minimum Gasteiger partial charge on any atom is -0.497 e. The molecule has 0 radical (unpaired) electrons. The van der Waals surface area contributed by atoms with Crippen LogP contribution >= 0.6 is 15.9 Å². The molecule has 0 N–H and O–H groups in total. The van der Waals surface area contributed by atoms with Gasteiger partial charge in [0.2, 0.25) is 5.91 Å². The summed E-state index contributed by atoms with van der Waals surface area (Å²) in [4.78, 5) is 30.3. The molecular weight excluding hydrogens is 598 g/mol. The number of carbonyl (C=O) groups excluding carboxylic acids is 1. The summed E-state index contributed by atoms with van der Waals surface area (Å²) in [6.07, 6.45) is 2.62. The zero-order valence-electron chi connectivity index (χ0n) is 25.1. The van der Waals surface area contributed by atoms with Gasteiger partial charge in [0.05, 0.1) is 25.0 Å². The molecule has 42 heavy (non-hydrogen) atoms. The van der Waals surface area contributed by atoms with Crippen LogP contribution in [0.4, 0.5) is 0 Å². The van der Waals surface area contributed by atoms with E-state index in [1.165, 1.54) is 11.1 Å². The number of methoxy groups -OCH3 is 1. The number of ether oxygens (including phenoxy) is 1. The highest BCUT2D eigenvalue weighted by molar-refractivity contribution is 9.10. The monoisotopic (exact) mass is 635 g/mol. The van der Waals surface area contributed by atoms with Crippen LogP contribution in [0.15, 0.2) is 56.3 Å². The van der Waals surface area contributed by atoms with Crippen LogP contribution in [-0.2, 0) is 17.8 Å². The second kappa shape index (κ2) is 12.4. The first-order valence-corrected chi connectivity index (χ1v) is 15.2. The van der Waals surface area contributed by atoms with Crippen LogP contribution in [0.2, 0.25) is 0 Å². The number of benzene rings is 2. The van der Waals surface area contributed by atoms with E-state index in [-0.39, 0.29) is 30.5 Å². The number of piperazine rings is 1. The molecule has 1 aliphatic rings. The molecule has 4 aromatic rings. The summed E-state index contributed by atoms with van der Waals surface area (Å²) in [7, 11) is 1.58. The number of fused-ring (bicyclic) bond motifs is 1. The van der Waals surface area contributed by atoms with Crippen molar-refractivity contribution < 1.29 is 13.9 Å². The van der Waals surface area contributed by atoms with E-state index in [0.717, 1.165) is 21.1 Å². The van der Waals surface area contributed by atoms with Crippen molar-refractivity contribution in [3.05, 3.63) is 85.4 Å². The van der Waals surface area contributed by atoms with Crippen molar-refractivity contribution in [2.45, 2.75) is 72.1 Å². The zero-order chi connectivity index (χ0) is 30.1. The largest absolute Gasteiger partial charge is 0.497 e. The lowest BCUT2D eigenvalue weighted by Gasteiger charge is -2.44. The van der Waals surface area contributed by atoms with E-state index in [2.05, 4.69) is 77.0 Å². The maximum Gasteiger partial charge on any atom is 0.339 e. The van der Waals surface area contributed by atoms with Gasteiger partial charge in [-0.05, 0) is 75.9 Å². The van der Waals surface area contributed by atoms with Crippen LogP contribution in [0.1, 0.15) is 61.2 Å². The molecule has 5 rings (SSSR count). The highest BCUT2D eigenvalue weighted by Crippen LogP contribution is 2.26. The normalized spacial score (nSPS) is 18.4.